The molecule has 1 N–H and O–H groups in total. The Hall–Kier alpha value is -0.570. The van der Waals surface area contributed by atoms with Crippen molar-refractivity contribution in [3.63, 3.8) is 0 Å². The first-order chi connectivity index (χ1) is 7.15. The first-order valence-corrected chi connectivity index (χ1v) is 6.32. The zero-order valence-corrected chi connectivity index (χ0v) is 10.5. The van der Waals surface area contributed by atoms with E-state index in [1.54, 1.807) is 0 Å². The van der Waals surface area contributed by atoms with Crippen LogP contribution in [0.5, 0.6) is 0 Å². The lowest BCUT2D eigenvalue weighted by Crippen LogP contribution is -2.31. The lowest BCUT2D eigenvalue weighted by molar-refractivity contribution is 0.447. The topological polar surface area (TPSA) is 24.9 Å². The highest BCUT2D eigenvalue weighted by atomic mass is 79.9. The number of nitrogens with zero attached hydrogens (tertiary/aromatic N) is 1. The molecule has 0 amide bonds. The molecule has 0 aliphatic heterocycles. The summed E-state index contributed by atoms with van der Waals surface area (Å²) in [5, 5.41) is 3.71. The van der Waals surface area contributed by atoms with Crippen LogP contribution in [0.4, 0.5) is 5.69 Å². The molecule has 0 unspecified atom stereocenters. The van der Waals surface area contributed by atoms with Crippen LogP contribution in [-0.2, 0) is 0 Å². The molecule has 0 bridgehead atoms. The maximum atomic E-state index is 4.09. The molecule has 2 nitrogen and oxygen atoms in total. The van der Waals surface area contributed by atoms with Crippen LogP contribution in [0.2, 0.25) is 0 Å². The van der Waals surface area contributed by atoms with E-state index in [0.717, 1.165) is 4.47 Å². The number of hydrogen-bond acceptors (Lipinski definition) is 2. The summed E-state index contributed by atoms with van der Waals surface area (Å²) in [7, 11) is 0. The van der Waals surface area contributed by atoms with Crippen LogP contribution in [0.1, 0.15) is 32.6 Å². The molecule has 3 rings (SSSR count). The van der Waals surface area contributed by atoms with Crippen molar-refractivity contribution in [1.82, 2.24) is 4.98 Å². The Morgan fingerprint density at radius 3 is 2.60 bits per heavy atom. The molecule has 2 aliphatic carbocycles. The van der Waals surface area contributed by atoms with Crippen LogP contribution in [-0.4, -0.2) is 10.5 Å². The summed E-state index contributed by atoms with van der Waals surface area (Å²) in [5.74, 6) is 0. The van der Waals surface area contributed by atoms with E-state index in [4.69, 9.17) is 0 Å². The average Bonchev–Trinajstić information content (AvgIpc) is 3.08. The van der Waals surface area contributed by atoms with E-state index in [-0.39, 0.29) is 0 Å². The molecular weight excluding hydrogens is 252 g/mol. The van der Waals surface area contributed by atoms with Crippen LogP contribution < -0.4 is 5.32 Å². The highest BCUT2D eigenvalue weighted by molar-refractivity contribution is 9.10. The summed E-state index contributed by atoms with van der Waals surface area (Å²) in [4.78, 5) is 4.09. The van der Waals surface area contributed by atoms with Gasteiger partial charge >= 0.3 is 0 Å². The SMILES string of the molecule is CC1(C2(Nc3ccncc3Br)CC2)CC1. The second kappa shape index (κ2) is 2.97. The lowest BCUT2D eigenvalue weighted by atomic mass is 9.96. The third-order valence-electron chi connectivity index (χ3n) is 4.05. The van der Waals surface area contributed by atoms with Crippen molar-refractivity contribution in [2.24, 2.45) is 5.41 Å². The quantitative estimate of drug-likeness (QED) is 0.905. The van der Waals surface area contributed by atoms with E-state index in [9.17, 15) is 0 Å². The normalized spacial score (nSPS) is 24.7. The van der Waals surface area contributed by atoms with Gasteiger partial charge < -0.3 is 5.32 Å². The van der Waals surface area contributed by atoms with Crippen molar-refractivity contribution >= 4 is 21.6 Å². The number of rotatable bonds is 3. The minimum atomic E-state index is 0.386. The van der Waals surface area contributed by atoms with Gasteiger partial charge in [0, 0.05) is 17.9 Å². The average molecular weight is 267 g/mol. The maximum Gasteiger partial charge on any atom is 0.0590 e. The van der Waals surface area contributed by atoms with Crippen LogP contribution >= 0.6 is 15.9 Å². The smallest absolute Gasteiger partial charge is 0.0590 e. The molecule has 2 saturated carbocycles. The fraction of sp³-hybridized carbons (Fsp3) is 0.583. The van der Waals surface area contributed by atoms with E-state index in [0.29, 0.717) is 11.0 Å². The number of halogens is 1. The van der Waals surface area contributed by atoms with Gasteiger partial charge in [0.2, 0.25) is 0 Å². The molecule has 15 heavy (non-hydrogen) atoms. The standard InChI is InChI=1S/C12H15BrN2/c1-11(3-4-11)12(5-6-12)15-10-2-7-14-8-9(10)13/h2,7-8H,3-6H2,1H3,(H,14,15). The van der Waals surface area contributed by atoms with E-state index >= 15 is 0 Å². The van der Waals surface area contributed by atoms with Gasteiger partial charge in [0.25, 0.3) is 0 Å². The number of pyridine rings is 1. The summed E-state index contributed by atoms with van der Waals surface area (Å²) in [5.41, 5.74) is 2.13. The van der Waals surface area contributed by atoms with Crippen molar-refractivity contribution in [1.29, 1.82) is 0 Å². The van der Waals surface area contributed by atoms with Gasteiger partial charge in [-0.1, -0.05) is 6.92 Å². The third kappa shape index (κ3) is 1.48. The molecule has 80 valence electrons. The third-order valence-corrected chi connectivity index (χ3v) is 4.68. The van der Waals surface area contributed by atoms with Crippen molar-refractivity contribution < 1.29 is 0 Å². The minimum Gasteiger partial charge on any atom is -0.378 e. The molecule has 1 heterocycles. The molecule has 3 heteroatoms. The Morgan fingerprint density at radius 1 is 1.33 bits per heavy atom. The predicted octanol–water partition coefficient (Wildman–Crippen LogP) is 3.59. The van der Waals surface area contributed by atoms with E-state index < -0.39 is 0 Å². The molecule has 2 fully saturated rings. The summed E-state index contributed by atoms with van der Waals surface area (Å²) < 4.78 is 1.07. The molecule has 1 aromatic heterocycles. The van der Waals surface area contributed by atoms with Crippen LogP contribution in [0.25, 0.3) is 0 Å². The van der Waals surface area contributed by atoms with Gasteiger partial charge in [-0.3, -0.25) is 4.98 Å². The van der Waals surface area contributed by atoms with E-state index in [2.05, 4.69) is 39.2 Å². The zero-order chi connectivity index (χ0) is 10.5. The molecule has 0 spiro atoms. The summed E-state index contributed by atoms with van der Waals surface area (Å²) >= 11 is 3.54. The van der Waals surface area contributed by atoms with Gasteiger partial charge in [0.05, 0.1) is 10.2 Å². The van der Waals surface area contributed by atoms with Crippen LogP contribution in [0, 0.1) is 5.41 Å². The Bertz CT molecular complexity index is 394. The first kappa shape index (κ1) is 9.64. The minimum absolute atomic E-state index is 0.386. The molecular formula is C12H15BrN2. The lowest BCUT2D eigenvalue weighted by Gasteiger charge is -2.26. The zero-order valence-electron chi connectivity index (χ0n) is 8.89. The highest BCUT2D eigenvalue weighted by Crippen LogP contribution is 2.65. The number of aromatic nitrogens is 1. The Morgan fingerprint density at radius 2 is 2.07 bits per heavy atom. The number of anilines is 1. The second-order valence-corrected chi connectivity index (χ2v) is 5.98. The van der Waals surface area contributed by atoms with Crippen molar-refractivity contribution in [2.75, 3.05) is 5.32 Å². The first-order valence-electron chi connectivity index (χ1n) is 5.53. The molecule has 1 aromatic rings. The van der Waals surface area contributed by atoms with Gasteiger partial charge in [0.1, 0.15) is 0 Å². The van der Waals surface area contributed by atoms with Gasteiger partial charge in [-0.05, 0) is 53.1 Å². The van der Waals surface area contributed by atoms with Gasteiger partial charge in [-0.2, -0.15) is 0 Å². The number of nitrogens with one attached hydrogen (secondary N) is 1. The predicted molar refractivity (Wildman–Crippen MR) is 64.9 cm³/mol. The van der Waals surface area contributed by atoms with Gasteiger partial charge in [0.15, 0.2) is 0 Å². The Balaban J connectivity index is 1.84. The summed E-state index contributed by atoms with van der Waals surface area (Å²) in [6, 6.07) is 2.05. The summed E-state index contributed by atoms with van der Waals surface area (Å²) in [6.07, 6.45) is 9.09. The summed E-state index contributed by atoms with van der Waals surface area (Å²) in [6.45, 7) is 2.40. The molecule has 0 saturated heterocycles. The van der Waals surface area contributed by atoms with Crippen molar-refractivity contribution in [2.45, 2.75) is 38.1 Å². The van der Waals surface area contributed by atoms with Crippen molar-refractivity contribution in [3.05, 3.63) is 22.9 Å². The largest absolute Gasteiger partial charge is 0.378 e. The fourth-order valence-electron chi connectivity index (χ4n) is 2.40. The highest BCUT2D eigenvalue weighted by Gasteiger charge is 2.62. The van der Waals surface area contributed by atoms with Crippen molar-refractivity contribution in [3.8, 4) is 0 Å². The van der Waals surface area contributed by atoms with Gasteiger partial charge in [-0.25, -0.2) is 0 Å². The van der Waals surface area contributed by atoms with Crippen LogP contribution in [0.15, 0.2) is 22.9 Å². The monoisotopic (exact) mass is 266 g/mol. The molecule has 0 aromatic carbocycles. The van der Waals surface area contributed by atoms with Crippen LogP contribution in [0.3, 0.4) is 0 Å². The Kier molecular flexibility index (Phi) is 1.91. The maximum absolute atomic E-state index is 4.09. The Labute approximate surface area is 98.6 Å². The second-order valence-electron chi connectivity index (χ2n) is 5.12. The molecule has 0 radical (unpaired) electrons. The number of hydrogen-bond donors (Lipinski definition) is 1. The molecule has 2 aliphatic rings. The molecule has 0 atom stereocenters. The fourth-order valence-corrected chi connectivity index (χ4v) is 2.75. The van der Waals surface area contributed by atoms with E-state index in [1.165, 1.54) is 31.4 Å². The van der Waals surface area contributed by atoms with Gasteiger partial charge in [-0.15, -0.1) is 0 Å². The van der Waals surface area contributed by atoms with E-state index in [1.807, 2.05) is 12.4 Å².